The lowest BCUT2D eigenvalue weighted by atomic mass is 10.0. The van der Waals surface area contributed by atoms with Gasteiger partial charge in [0.2, 0.25) is 0 Å². The van der Waals surface area contributed by atoms with E-state index in [1.54, 1.807) is 0 Å². The van der Waals surface area contributed by atoms with Crippen molar-refractivity contribution in [3.63, 3.8) is 0 Å². The maximum atomic E-state index is 13.0. The summed E-state index contributed by atoms with van der Waals surface area (Å²) in [5, 5.41) is 10.6. The molecule has 0 aliphatic rings. The second kappa shape index (κ2) is 58.6. The van der Waals surface area contributed by atoms with Crippen LogP contribution in [0.1, 0.15) is 312 Å². The molecule has 0 aromatic carbocycles. The summed E-state index contributed by atoms with van der Waals surface area (Å²) < 4.78 is 68.1. The van der Waals surface area contributed by atoms with E-state index in [0.717, 1.165) is 121 Å². The van der Waals surface area contributed by atoms with Crippen LogP contribution in [0.4, 0.5) is 0 Å². The van der Waals surface area contributed by atoms with Crippen molar-refractivity contribution in [2.75, 3.05) is 39.6 Å². The molecular formula is C68H128O17P2. The van der Waals surface area contributed by atoms with Gasteiger partial charge in [0.05, 0.1) is 26.4 Å². The summed E-state index contributed by atoms with van der Waals surface area (Å²) in [5.74, 6) is -0.0336. The molecule has 87 heavy (non-hydrogen) atoms. The molecule has 0 aromatic heterocycles. The number of aliphatic hydroxyl groups is 1. The van der Waals surface area contributed by atoms with Crippen LogP contribution in [-0.2, 0) is 65.4 Å². The Hall–Kier alpha value is -2.46. The molecule has 0 fully saturated rings. The van der Waals surface area contributed by atoms with E-state index in [1.165, 1.54) is 96.3 Å². The molecule has 512 valence electrons. The van der Waals surface area contributed by atoms with E-state index in [1.807, 2.05) is 0 Å². The van der Waals surface area contributed by atoms with Crippen molar-refractivity contribution in [3.8, 4) is 0 Å². The first-order valence-corrected chi connectivity index (χ1v) is 37.7. The van der Waals surface area contributed by atoms with Gasteiger partial charge in [0.15, 0.2) is 12.2 Å². The van der Waals surface area contributed by atoms with E-state index in [-0.39, 0.29) is 25.7 Å². The van der Waals surface area contributed by atoms with Gasteiger partial charge in [-0.25, -0.2) is 9.13 Å². The molecule has 0 aromatic rings. The lowest BCUT2D eigenvalue weighted by Crippen LogP contribution is -2.30. The minimum atomic E-state index is -4.96. The molecule has 0 heterocycles. The molecular weight excluding hydrogens is 1150 g/mol. The van der Waals surface area contributed by atoms with Crippen LogP contribution in [-0.4, -0.2) is 96.7 Å². The first kappa shape index (κ1) is 84.5. The molecule has 3 N–H and O–H groups in total. The lowest BCUT2D eigenvalue weighted by molar-refractivity contribution is -0.161. The zero-order chi connectivity index (χ0) is 64.5. The first-order chi connectivity index (χ1) is 41.7. The van der Waals surface area contributed by atoms with Gasteiger partial charge < -0.3 is 33.8 Å². The van der Waals surface area contributed by atoms with Crippen molar-refractivity contribution >= 4 is 39.5 Å². The Morgan fingerprint density at radius 3 is 0.931 bits per heavy atom. The Morgan fingerprint density at radius 2 is 0.621 bits per heavy atom. The third kappa shape index (κ3) is 62.1. The van der Waals surface area contributed by atoms with Gasteiger partial charge in [0.25, 0.3) is 0 Å². The summed E-state index contributed by atoms with van der Waals surface area (Å²) in [6.45, 7) is 11.6. The summed E-state index contributed by atoms with van der Waals surface area (Å²) in [4.78, 5) is 72.3. The summed E-state index contributed by atoms with van der Waals surface area (Å²) in [6, 6.07) is 0. The average molecular weight is 1280 g/mol. The Bertz CT molecular complexity index is 1810. The molecule has 17 nitrogen and oxygen atoms in total. The monoisotopic (exact) mass is 1280 g/mol. The highest BCUT2D eigenvalue weighted by molar-refractivity contribution is 7.47. The smallest absolute Gasteiger partial charge is 0.462 e. The lowest BCUT2D eigenvalue weighted by Gasteiger charge is -2.21. The molecule has 2 unspecified atom stereocenters. The number of esters is 4. The fourth-order valence-corrected chi connectivity index (χ4v) is 11.2. The average Bonchev–Trinajstić information content (AvgIpc) is 3.68. The predicted octanol–water partition coefficient (Wildman–Crippen LogP) is 18.6. The van der Waals surface area contributed by atoms with Crippen LogP contribution >= 0.6 is 15.6 Å². The molecule has 0 aliphatic carbocycles. The standard InChI is InChI=1S/C68H128O17P2/c1-8-9-10-11-12-13-14-15-16-17-18-22-27-37-44-51-67(72)84-63(55-78-65(70)49-42-35-29-24-26-33-40-47-60(4)5)57-82-86(74,75)80-53-62(69)54-81-87(76,77)83-58-64(56-79-66(71)50-43-36-31-30-34-41-48-61(6)7)85-68(73)52-45-38-28-23-20-19-21-25-32-39-46-59(2)3/h13-16,59-64,69H,8-12,17-58H2,1-7H3,(H,74,75)(H,76,77)/b14-13-,16-15-/t62-,63-,64-/m1/s1. The highest BCUT2D eigenvalue weighted by Crippen LogP contribution is 2.45. The van der Waals surface area contributed by atoms with Crippen LogP contribution in [0.25, 0.3) is 0 Å². The van der Waals surface area contributed by atoms with E-state index in [9.17, 15) is 43.2 Å². The normalized spacial score (nSPS) is 14.4. The van der Waals surface area contributed by atoms with Crippen molar-refractivity contribution in [1.29, 1.82) is 0 Å². The fraction of sp³-hybridized carbons (Fsp3) is 0.882. The van der Waals surface area contributed by atoms with Crippen molar-refractivity contribution in [3.05, 3.63) is 24.3 Å². The largest absolute Gasteiger partial charge is 0.472 e. The zero-order valence-corrected chi connectivity index (χ0v) is 57.7. The number of ether oxygens (including phenoxy) is 4. The number of phosphoric acid groups is 2. The van der Waals surface area contributed by atoms with Crippen LogP contribution < -0.4 is 0 Å². The van der Waals surface area contributed by atoms with Gasteiger partial charge in [0.1, 0.15) is 19.3 Å². The van der Waals surface area contributed by atoms with E-state index < -0.39 is 97.5 Å². The van der Waals surface area contributed by atoms with Crippen LogP contribution in [0.3, 0.4) is 0 Å². The Kier molecular flexibility index (Phi) is 57.0. The van der Waals surface area contributed by atoms with Crippen molar-refractivity contribution < 1.29 is 80.2 Å². The third-order valence-corrected chi connectivity index (χ3v) is 16.9. The summed E-state index contributed by atoms with van der Waals surface area (Å²) in [6.07, 6.45) is 44.1. The fourth-order valence-electron chi connectivity index (χ4n) is 9.65. The van der Waals surface area contributed by atoms with E-state index >= 15 is 0 Å². The Balaban J connectivity index is 5.28. The van der Waals surface area contributed by atoms with Crippen molar-refractivity contribution in [2.45, 2.75) is 330 Å². The van der Waals surface area contributed by atoms with E-state index in [0.29, 0.717) is 37.5 Å². The summed E-state index contributed by atoms with van der Waals surface area (Å²) >= 11 is 0. The van der Waals surface area contributed by atoms with Gasteiger partial charge >= 0.3 is 39.5 Å². The van der Waals surface area contributed by atoms with Gasteiger partial charge in [-0.15, -0.1) is 0 Å². The maximum Gasteiger partial charge on any atom is 0.472 e. The maximum absolute atomic E-state index is 13.0. The van der Waals surface area contributed by atoms with Crippen LogP contribution in [0.5, 0.6) is 0 Å². The van der Waals surface area contributed by atoms with Crippen LogP contribution in [0.2, 0.25) is 0 Å². The molecule has 5 atom stereocenters. The van der Waals surface area contributed by atoms with Gasteiger partial charge in [-0.1, -0.05) is 259 Å². The number of phosphoric ester groups is 2. The number of hydrogen-bond donors (Lipinski definition) is 3. The molecule has 0 radical (unpaired) electrons. The number of unbranched alkanes of at least 4 members (excludes halogenated alkanes) is 29. The number of carbonyl (C=O) groups excluding carboxylic acids is 4. The highest BCUT2D eigenvalue weighted by Gasteiger charge is 2.30. The molecule has 0 amide bonds. The van der Waals surface area contributed by atoms with Crippen LogP contribution in [0, 0.1) is 17.8 Å². The number of aliphatic hydroxyl groups excluding tert-OH is 1. The Morgan fingerprint density at radius 1 is 0.356 bits per heavy atom. The predicted molar refractivity (Wildman–Crippen MR) is 349 cm³/mol. The minimum absolute atomic E-state index is 0.0836. The molecule has 0 bridgehead atoms. The second-order valence-electron chi connectivity index (χ2n) is 25.3. The minimum Gasteiger partial charge on any atom is -0.462 e. The second-order valence-corrected chi connectivity index (χ2v) is 28.2. The van der Waals surface area contributed by atoms with Gasteiger partial charge in [-0.05, 0) is 69.1 Å². The van der Waals surface area contributed by atoms with Crippen LogP contribution in [0.15, 0.2) is 24.3 Å². The van der Waals surface area contributed by atoms with E-state index in [2.05, 4.69) is 72.8 Å². The number of allylic oxidation sites excluding steroid dienone is 4. The molecule has 0 rings (SSSR count). The molecule has 19 heteroatoms. The molecule has 0 saturated heterocycles. The molecule has 0 aliphatic heterocycles. The van der Waals surface area contributed by atoms with Gasteiger partial charge in [0, 0.05) is 25.7 Å². The quantitative estimate of drug-likeness (QED) is 0.0169. The molecule has 0 saturated carbocycles. The first-order valence-electron chi connectivity index (χ1n) is 34.7. The van der Waals surface area contributed by atoms with Gasteiger partial charge in [-0.3, -0.25) is 37.3 Å². The number of hydrogen-bond acceptors (Lipinski definition) is 15. The number of rotatable bonds is 64. The van der Waals surface area contributed by atoms with E-state index in [4.69, 9.17) is 37.0 Å². The summed E-state index contributed by atoms with van der Waals surface area (Å²) in [7, 11) is -9.91. The van der Waals surface area contributed by atoms with Gasteiger partial charge in [-0.2, -0.15) is 0 Å². The number of carbonyl (C=O) groups is 4. The summed E-state index contributed by atoms with van der Waals surface area (Å²) in [5.41, 5.74) is 0. The Labute approximate surface area is 529 Å². The zero-order valence-electron chi connectivity index (χ0n) is 56.0. The SMILES string of the molecule is CCCCCC/C=C\C=C/CCCCCCCC(=O)O[C@H](COC(=O)CCCCCCCCCC(C)C)COP(=O)(O)OC[C@@H](O)COP(=O)(O)OC[C@@H](COC(=O)CCCCCCCCC(C)C)OC(=O)CCCCCCCCCCCCC(C)C. The topological polar surface area (TPSA) is 237 Å². The molecule has 0 spiro atoms. The highest BCUT2D eigenvalue weighted by atomic mass is 31.2. The van der Waals surface area contributed by atoms with Crippen molar-refractivity contribution in [2.24, 2.45) is 17.8 Å². The van der Waals surface area contributed by atoms with Crippen molar-refractivity contribution in [1.82, 2.24) is 0 Å². The third-order valence-electron chi connectivity index (χ3n) is 15.0.